The molecule has 0 aliphatic carbocycles. The average molecular weight is 326 g/mol. The van der Waals surface area contributed by atoms with Crippen LogP contribution in [0, 0.1) is 5.92 Å². The molecule has 0 saturated carbocycles. The maximum atomic E-state index is 12.6. The summed E-state index contributed by atoms with van der Waals surface area (Å²) in [6.07, 6.45) is 5.15. The second-order valence-corrected chi connectivity index (χ2v) is 6.02. The van der Waals surface area contributed by atoms with Crippen LogP contribution in [0.4, 0.5) is 0 Å². The zero-order valence-electron chi connectivity index (χ0n) is 13.9. The normalized spacial score (nSPS) is 13.8. The standard InChI is InChI=1S/C17H22N6O/c1-3-12(2)16(23-11-20-21-22-23)17(24)18-9-8-13-10-19-15-7-5-4-6-14(13)15/h4-7,10-12,16,19H,3,8-9H2,1-2H3,(H,18,24). The summed E-state index contributed by atoms with van der Waals surface area (Å²) in [4.78, 5) is 15.9. The highest BCUT2D eigenvalue weighted by molar-refractivity contribution is 5.83. The topological polar surface area (TPSA) is 88.5 Å². The van der Waals surface area contributed by atoms with Gasteiger partial charge in [0.2, 0.25) is 5.91 Å². The number of carbonyl (C=O) groups excluding carboxylic acids is 1. The average Bonchev–Trinajstić information content (AvgIpc) is 3.25. The van der Waals surface area contributed by atoms with Crippen molar-refractivity contribution >= 4 is 16.8 Å². The molecule has 0 fully saturated rings. The smallest absolute Gasteiger partial charge is 0.245 e. The van der Waals surface area contributed by atoms with E-state index in [2.05, 4.69) is 38.8 Å². The summed E-state index contributed by atoms with van der Waals surface area (Å²) in [7, 11) is 0. The summed E-state index contributed by atoms with van der Waals surface area (Å²) in [6.45, 7) is 4.67. The number of aromatic nitrogens is 5. The Morgan fingerprint density at radius 1 is 1.38 bits per heavy atom. The number of nitrogens with zero attached hydrogens (tertiary/aromatic N) is 4. The first kappa shape index (κ1) is 16.2. The number of amides is 1. The summed E-state index contributed by atoms with van der Waals surface area (Å²) in [6, 6.07) is 7.79. The Bertz CT molecular complexity index is 794. The predicted molar refractivity (Wildman–Crippen MR) is 91.3 cm³/mol. The lowest BCUT2D eigenvalue weighted by Gasteiger charge is -2.21. The van der Waals surface area contributed by atoms with Crippen molar-refractivity contribution in [3.8, 4) is 0 Å². The number of hydrogen-bond donors (Lipinski definition) is 2. The van der Waals surface area contributed by atoms with Gasteiger partial charge in [0, 0.05) is 23.6 Å². The highest BCUT2D eigenvalue weighted by Crippen LogP contribution is 2.20. The molecule has 24 heavy (non-hydrogen) atoms. The number of para-hydroxylation sites is 1. The van der Waals surface area contributed by atoms with Crippen LogP contribution >= 0.6 is 0 Å². The van der Waals surface area contributed by atoms with E-state index in [0.29, 0.717) is 6.54 Å². The number of fused-ring (bicyclic) bond motifs is 1. The first-order valence-electron chi connectivity index (χ1n) is 8.26. The van der Waals surface area contributed by atoms with Gasteiger partial charge in [-0.3, -0.25) is 4.79 Å². The fraction of sp³-hybridized carbons (Fsp3) is 0.412. The van der Waals surface area contributed by atoms with Gasteiger partial charge >= 0.3 is 0 Å². The predicted octanol–water partition coefficient (Wildman–Crippen LogP) is 2.10. The van der Waals surface area contributed by atoms with Crippen LogP contribution in [0.5, 0.6) is 0 Å². The Morgan fingerprint density at radius 2 is 2.21 bits per heavy atom. The molecule has 7 nitrogen and oxygen atoms in total. The van der Waals surface area contributed by atoms with Crippen molar-refractivity contribution in [2.45, 2.75) is 32.7 Å². The van der Waals surface area contributed by atoms with Gasteiger partial charge in [0.05, 0.1) is 0 Å². The van der Waals surface area contributed by atoms with E-state index in [1.165, 1.54) is 22.0 Å². The lowest BCUT2D eigenvalue weighted by molar-refractivity contribution is -0.126. The van der Waals surface area contributed by atoms with Gasteiger partial charge in [-0.2, -0.15) is 0 Å². The molecule has 0 saturated heterocycles. The van der Waals surface area contributed by atoms with Gasteiger partial charge in [0.15, 0.2) is 0 Å². The fourth-order valence-electron chi connectivity index (χ4n) is 2.92. The molecule has 2 atom stereocenters. The molecule has 1 aromatic carbocycles. The Balaban J connectivity index is 1.63. The number of benzene rings is 1. The summed E-state index contributed by atoms with van der Waals surface area (Å²) in [5.74, 6) is 0.109. The van der Waals surface area contributed by atoms with Gasteiger partial charge in [0.25, 0.3) is 0 Å². The number of hydrogen-bond acceptors (Lipinski definition) is 4. The molecular weight excluding hydrogens is 304 g/mol. The van der Waals surface area contributed by atoms with E-state index in [1.807, 2.05) is 31.3 Å². The lowest BCUT2D eigenvalue weighted by atomic mass is 9.98. The number of aromatic amines is 1. The molecule has 0 spiro atoms. The van der Waals surface area contributed by atoms with Crippen molar-refractivity contribution in [2.75, 3.05) is 6.54 Å². The van der Waals surface area contributed by atoms with Gasteiger partial charge in [0.1, 0.15) is 12.4 Å². The number of H-pyrrole nitrogens is 1. The van der Waals surface area contributed by atoms with Crippen LogP contribution in [0.1, 0.15) is 31.9 Å². The Hall–Kier alpha value is -2.70. The third-order valence-corrected chi connectivity index (χ3v) is 4.47. The molecule has 1 amide bonds. The van der Waals surface area contributed by atoms with E-state index >= 15 is 0 Å². The number of rotatable bonds is 7. The second-order valence-electron chi connectivity index (χ2n) is 6.02. The summed E-state index contributed by atoms with van der Waals surface area (Å²) in [5, 5.41) is 15.4. The fourth-order valence-corrected chi connectivity index (χ4v) is 2.92. The van der Waals surface area contributed by atoms with Crippen LogP contribution < -0.4 is 5.32 Å². The molecule has 2 heterocycles. The highest BCUT2D eigenvalue weighted by Gasteiger charge is 2.26. The Labute approximate surface area is 140 Å². The molecule has 3 rings (SSSR count). The lowest BCUT2D eigenvalue weighted by Crippen LogP contribution is -2.37. The summed E-state index contributed by atoms with van der Waals surface area (Å²) < 4.78 is 1.54. The minimum absolute atomic E-state index is 0.0449. The van der Waals surface area contributed by atoms with Gasteiger partial charge in [-0.25, -0.2) is 4.68 Å². The van der Waals surface area contributed by atoms with E-state index in [4.69, 9.17) is 0 Å². The van der Waals surface area contributed by atoms with Crippen LogP contribution in [-0.4, -0.2) is 37.6 Å². The van der Waals surface area contributed by atoms with Crippen LogP contribution in [0.2, 0.25) is 0 Å². The van der Waals surface area contributed by atoms with E-state index in [1.54, 1.807) is 0 Å². The van der Waals surface area contributed by atoms with Gasteiger partial charge in [-0.05, 0) is 34.4 Å². The molecule has 0 bridgehead atoms. The number of nitrogens with one attached hydrogen (secondary N) is 2. The zero-order valence-corrected chi connectivity index (χ0v) is 13.9. The number of tetrazole rings is 1. The monoisotopic (exact) mass is 326 g/mol. The van der Waals surface area contributed by atoms with Crippen molar-refractivity contribution in [1.82, 2.24) is 30.5 Å². The van der Waals surface area contributed by atoms with Crippen LogP contribution in [-0.2, 0) is 11.2 Å². The molecule has 0 aliphatic rings. The van der Waals surface area contributed by atoms with E-state index in [9.17, 15) is 4.79 Å². The summed E-state index contributed by atoms with van der Waals surface area (Å²) >= 11 is 0. The minimum atomic E-state index is -0.382. The second kappa shape index (κ2) is 7.25. The van der Waals surface area contributed by atoms with Crippen molar-refractivity contribution < 1.29 is 4.79 Å². The van der Waals surface area contributed by atoms with E-state index in [-0.39, 0.29) is 17.9 Å². The molecule has 2 unspecified atom stereocenters. The first-order chi connectivity index (χ1) is 11.7. The van der Waals surface area contributed by atoms with Gasteiger partial charge < -0.3 is 10.3 Å². The van der Waals surface area contributed by atoms with E-state index in [0.717, 1.165) is 18.4 Å². The quantitative estimate of drug-likeness (QED) is 0.696. The maximum Gasteiger partial charge on any atom is 0.245 e. The van der Waals surface area contributed by atoms with Crippen LogP contribution in [0.15, 0.2) is 36.8 Å². The Morgan fingerprint density at radius 3 is 2.96 bits per heavy atom. The zero-order chi connectivity index (χ0) is 16.9. The molecule has 7 heteroatoms. The van der Waals surface area contributed by atoms with Gasteiger partial charge in [-0.15, -0.1) is 5.10 Å². The van der Waals surface area contributed by atoms with Gasteiger partial charge in [-0.1, -0.05) is 38.5 Å². The molecule has 0 aliphatic heterocycles. The summed E-state index contributed by atoms with van der Waals surface area (Å²) in [5.41, 5.74) is 2.32. The Kier molecular flexibility index (Phi) is 4.88. The SMILES string of the molecule is CCC(C)C(C(=O)NCCc1c[nH]c2ccccc12)n1cnnn1. The highest BCUT2D eigenvalue weighted by atomic mass is 16.2. The molecule has 2 aromatic heterocycles. The molecule has 2 N–H and O–H groups in total. The van der Waals surface area contributed by atoms with E-state index < -0.39 is 0 Å². The van der Waals surface area contributed by atoms with Crippen molar-refractivity contribution in [3.63, 3.8) is 0 Å². The third kappa shape index (κ3) is 3.29. The molecule has 0 radical (unpaired) electrons. The molecular formula is C17H22N6O. The van der Waals surface area contributed by atoms with Crippen molar-refractivity contribution in [2.24, 2.45) is 5.92 Å². The minimum Gasteiger partial charge on any atom is -0.361 e. The number of carbonyl (C=O) groups is 1. The maximum absolute atomic E-state index is 12.6. The van der Waals surface area contributed by atoms with Crippen molar-refractivity contribution in [3.05, 3.63) is 42.4 Å². The third-order valence-electron chi connectivity index (χ3n) is 4.47. The largest absolute Gasteiger partial charge is 0.361 e. The molecule has 3 aromatic rings. The first-order valence-corrected chi connectivity index (χ1v) is 8.26. The molecule has 126 valence electrons. The van der Waals surface area contributed by atoms with Crippen molar-refractivity contribution in [1.29, 1.82) is 0 Å². The van der Waals surface area contributed by atoms with Crippen LogP contribution in [0.25, 0.3) is 10.9 Å². The van der Waals surface area contributed by atoms with Crippen LogP contribution in [0.3, 0.4) is 0 Å².